The molecule has 0 fully saturated rings. The minimum absolute atomic E-state index is 0.194. The van der Waals surface area contributed by atoms with E-state index in [4.69, 9.17) is 4.84 Å². The zero-order valence-corrected chi connectivity index (χ0v) is 10.9. The van der Waals surface area contributed by atoms with Crippen molar-refractivity contribution in [3.05, 3.63) is 33.4 Å². The minimum atomic E-state index is -0.194. The Balaban J connectivity index is 2.51. The van der Waals surface area contributed by atoms with Gasteiger partial charge in [0.15, 0.2) is 0 Å². The lowest BCUT2D eigenvalue weighted by Crippen LogP contribution is -2.26. The van der Waals surface area contributed by atoms with Gasteiger partial charge < -0.3 is 0 Å². The molecular weight excluding hydrogens is 305 g/mol. The second kappa shape index (κ2) is 6.07. The molecule has 0 spiro atoms. The van der Waals surface area contributed by atoms with Gasteiger partial charge in [0.1, 0.15) is 0 Å². The largest absolute Gasteiger partial charge is 0.275 e. The molecule has 1 N–H and O–H groups in total. The Bertz CT molecular complexity index is 339. The van der Waals surface area contributed by atoms with Crippen molar-refractivity contribution in [1.29, 1.82) is 0 Å². The molecule has 0 saturated heterocycles. The number of carbonyl (C=O) groups excluding carboxylic acids is 1. The fourth-order valence-corrected chi connectivity index (χ4v) is 1.61. The molecule has 0 aromatic heterocycles. The van der Waals surface area contributed by atoms with Crippen LogP contribution in [0.1, 0.15) is 24.2 Å². The summed E-state index contributed by atoms with van der Waals surface area (Å²) in [4.78, 5) is 16.7. The lowest BCUT2D eigenvalue weighted by Gasteiger charge is -2.08. The minimum Gasteiger partial charge on any atom is -0.273 e. The van der Waals surface area contributed by atoms with Crippen molar-refractivity contribution in [2.75, 3.05) is 6.61 Å². The van der Waals surface area contributed by atoms with E-state index in [2.05, 4.69) is 28.1 Å². The lowest BCUT2D eigenvalue weighted by molar-refractivity contribution is 0.0208. The van der Waals surface area contributed by atoms with Crippen molar-refractivity contribution in [2.45, 2.75) is 13.8 Å². The quantitative estimate of drug-likeness (QED) is 0.684. The van der Waals surface area contributed by atoms with Crippen molar-refractivity contribution in [3.63, 3.8) is 0 Å². The number of benzene rings is 1. The SMILES string of the molecule is CC(C)CONC(=O)c1ccccc1I. The van der Waals surface area contributed by atoms with Crippen molar-refractivity contribution < 1.29 is 9.63 Å². The van der Waals surface area contributed by atoms with Gasteiger partial charge in [-0.05, 0) is 40.6 Å². The van der Waals surface area contributed by atoms with E-state index >= 15 is 0 Å². The smallest absolute Gasteiger partial charge is 0.273 e. The van der Waals surface area contributed by atoms with E-state index in [-0.39, 0.29) is 5.91 Å². The van der Waals surface area contributed by atoms with Gasteiger partial charge in [-0.25, -0.2) is 5.48 Å². The molecule has 0 aliphatic carbocycles. The number of hydrogen-bond donors (Lipinski definition) is 1. The number of carbonyl (C=O) groups is 1. The van der Waals surface area contributed by atoms with E-state index in [1.165, 1.54) is 0 Å². The second-order valence-electron chi connectivity index (χ2n) is 3.62. The van der Waals surface area contributed by atoms with E-state index in [1.54, 1.807) is 6.07 Å². The first-order chi connectivity index (χ1) is 7.11. The molecule has 3 nitrogen and oxygen atoms in total. The average molecular weight is 319 g/mol. The van der Waals surface area contributed by atoms with Gasteiger partial charge in [-0.3, -0.25) is 9.63 Å². The number of halogens is 1. The van der Waals surface area contributed by atoms with Crippen LogP contribution >= 0.6 is 22.6 Å². The maximum absolute atomic E-state index is 11.6. The molecule has 1 aromatic carbocycles. The fourth-order valence-electron chi connectivity index (χ4n) is 0.974. The monoisotopic (exact) mass is 319 g/mol. The summed E-state index contributed by atoms with van der Waals surface area (Å²) < 4.78 is 0.917. The molecule has 4 heteroatoms. The Morgan fingerprint density at radius 2 is 2.13 bits per heavy atom. The number of amides is 1. The zero-order valence-electron chi connectivity index (χ0n) is 8.79. The molecule has 0 unspecified atom stereocenters. The molecule has 82 valence electrons. The highest BCUT2D eigenvalue weighted by Crippen LogP contribution is 2.10. The van der Waals surface area contributed by atoms with Gasteiger partial charge in [0.05, 0.1) is 12.2 Å². The normalized spacial score (nSPS) is 10.4. The number of nitrogens with one attached hydrogen (secondary N) is 1. The highest BCUT2D eigenvalue weighted by atomic mass is 127. The van der Waals surface area contributed by atoms with Crippen molar-refractivity contribution in [3.8, 4) is 0 Å². The third kappa shape index (κ3) is 4.17. The van der Waals surface area contributed by atoms with Gasteiger partial charge in [0, 0.05) is 3.57 Å². The summed E-state index contributed by atoms with van der Waals surface area (Å²) in [5.74, 6) is 0.209. The first-order valence-corrected chi connectivity index (χ1v) is 5.85. The lowest BCUT2D eigenvalue weighted by atomic mass is 10.2. The maximum atomic E-state index is 11.6. The Hall–Kier alpha value is -0.620. The van der Waals surface area contributed by atoms with Crippen LogP contribution in [0.2, 0.25) is 0 Å². The fraction of sp³-hybridized carbons (Fsp3) is 0.364. The van der Waals surface area contributed by atoms with Crippen LogP contribution in [0, 0.1) is 9.49 Å². The van der Waals surface area contributed by atoms with Crippen molar-refractivity contribution in [1.82, 2.24) is 5.48 Å². The van der Waals surface area contributed by atoms with Crippen LogP contribution in [0.4, 0.5) is 0 Å². The molecule has 0 saturated carbocycles. The molecular formula is C11H14INO2. The standard InChI is InChI=1S/C11H14INO2/c1-8(2)7-15-13-11(14)9-5-3-4-6-10(9)12/h3-6,8H,7H2,1-2H3,(H,13,14). The number of hydroxylamine groups is 1. The first kappa shape index (κ1) is 12.4. The Morgan fingerprint density at radius 3 is 2.73 bits per heavy atom. The van der Waals surface area contributed by atoms with Gasteiger partial charge in [-0.15, -0.1) is 0 Å². The molecule has 0 aliphatic rings. The van der Waals surface area contributed by atoms with Gasteiger partial charge in [-0.2, -0.15) is 0 Å². The summed E-state index contributed by atoms with van der Waals surface area (Å²) >= 11 is 2.12. The van der Waals surface area contributed by atoms with Crippen LogP contribution < -0.4 is 5.48 Å². The topological polar surface area (TPSA) is 38.3 Å². The van der Waals surface area contributed by atoms with Crippen LogP contribution in [-0.2, 0) is 4.84 Å². The second-order valence-corrected chi connectivity index (χ2v) is 4.78. The molecule has 1 rings (SSSR count). The van der Waals surface area contributed by atoms with Crippen molar-refractivity contribution in [2.24, 2.45) is 5.92 Å². The van der Waals surface area contributed by atoms with Crippen LogP contribution in [0.3, 0.4) is 0 Å². The van der Waals surface area contributed by atoms with Crippen LogP contribution in [0.15, 0.2) is 24.3 Å². The van der Waals surface area contributed by atoms with Crippen LogP contribution in [0.5, 0.6) is 0 Å². The van der Waals surface area contributed by atoms with Gasteiger partial charge in [0.2, 0.25) is 0 Å². The van der Waals surface area contributed by atoms with Crippen molar-refractivity contribution >= 4 is 28.5 Å². The molecule has 1 aromatic rings. The summed E-state index contributed by atoms with van der Waals surface area (Å²) in [6, 6.07) is 7.39. The molecule has 0 bridgehead atoms. The summed E-state index contributed by atoms with van der Waals surface area (Å²) in [6.45, 7) is 4.58. The molecule has 1 amide bonds. The molecule has 0 aliphatic heterocycles. The predicted molar refractivity (Wildman–Crippen MR) is 67.4 cm³/mol. The summed E-state index contributed by atoms with van der Waals surface area (Å²) in [5, 5.41) is 0. The van der Waals surface area contributed by atoms with E-state index < -0.39 is 0 Å². The first-order valence-electron chi connectivity index (χ1n) is 4.78. The van der Waals surface area contributed by atoms with E-state index in [0.29, 0.717) is 18.1 Å². The molecule has 15 heavy (non-hydrogen) atoms. The number of hydrogen-bond acceptors (Lipinski definition) is 2. The summed E-state index contributed by atoms with van der Waals surface area (Å²) in [6.07, 6.45) is 0. The Morgan fingerprint density at radius 1 is 1.47 bits per heavy atom. The Labute approximate surface area is 103 Å². The van der Waals surface area contributed by atoms with Gasteiger partial charge in [0.25, 0.3) is 5.91 Å². The molecule has 0 radical (unpaired) electrons. The highest BCUT2D eigenvalue weighted by Gasteiger charge is 2.08. The van der Waals surface area contributed by atoms with Gasteiger partial charge in [-0.1, -0.05) is 26.0 Å². The maximum Gasteiger partial charge on any atom is 0.275 e. The third-order valence-electron chi connectivity index (χ3n) is 1.70. The number of rotatable bonds is 4. The van der Waals surface area contributed by atoms with E-state index in [9.17, 15) is 4.79 Å². The molecule has 0 heterocycles. The van der Waals surface area contributed by atoms with E-state index in [1.807, 2.05) is 32.0 Å². The summed E-state index contributed by atoms with van der Waals surface area (Å²) in [7, 11) is 0. The Kier molecular flexibility index (Phi) is 5.04. The van der Waals surface area contributed by atoms with Crippen LogP contribution in [0.25, 0.3) is 0 Å². The predicted octanol–water partition coefficient (Wildman–Crippen LogP) is 2.61. The van der Waals surface area contributed by atoms with Crippen LogP contribution in [-0.4, -0.2) is 12.5 Å². The van der Waals surface area contributed by atoms with Gasteiger partial charge >= 0.3 is 0 Å². The zero-order chi connectivity index (χ0) is 11.3. The third-order valence-corrected chi connectivity index (χ3v) is 2.64. The molecule has 0 atom stereocenters. The summed E-state index contributed by atoms with van der Waals surface area (Å²) in [5.41, 5.74) is 3.07. The average Bonchev–Trinajstić information content (AvgIpc) is 2.17. The highest BCUT2D eigenvalue weighted by molar-refractivity contribution is 14.1. The van der Waals surface area contributed by atoms with E-state index in [0.717, 1.165) is 3.57 Å².